The van der Waals surface area contributed by atoms with Crippen molar-refractivity contribution >= 4 is 23.2 Å². The largest absolute Gasteiger partial charge is 0.508 e. The number of primary amides is 1. The van der Waals surface area contributed by atoms with Crippen molar-refractivity contribution in [3.05, 3.63) is 81.1 Å². The van der Waals surface area contributed by atoms with Crippen LogP contribution >= 0.6 is 0 Å². The first kappa shape index (κ1) is 34.1. The van der Waals surface area contributed by atoms with Crippen LogP contribution in [0.1, 0.15) is 55.0 Å². The molecule has 1 fully saturated rings. The number of Topliss-reactive ketones (excluding diaryl/α,β-unsaturated/α-hetero) is 2. The SMILES string of the molecule is CCN(Cc1cc(O)c2c(c1C(F)(F)F)C[C@H]1C[C@H]3[C@H](N(C)C)C(=O)C(C(N)=O)=C(O)[C@@]3(O)C(=O)C1=C2O)C(C)(C)c1ccccc1. The Bertz CT molecular complexity index is 1730. The molecule has 10 nitrogen and oxygen atoms in total. The number of nitrogens with zero attached hydrogens (tertiary/aromatic N) is 2. The zero-order valence-corrected chi connectivity index (χ0v) is 26.6. The van der Waals surface area contributed by atoms with E-state index in [0.29, 0.717) is 6.54 Å². The number of nitrogens with two attached hydrogens (primary N) is 1. The fourth-order valence-electron chi connectivity index (χ4n) is 7.80. The number of aliphatic hydroxyl groups is 3. The molecule has 13 heteroatoms. The van der Waals surface area contributed by atoms with E-state index in [1.165, 1.54) is 19.0 Å². The second-order valence-corrected chi connectivity index (χ2v) is 13.2. The van der Waals surface area contributed by atoms with Gasteiger partial charge in [-0.1, -0.05) is 37.3 Å². The summed E-state index contributed by atoms with van der Waals surface area (Å²) in [4.78, 5) is 42.6. The number of aromatic hydroxyl groups is 1. The fraction of sp³-hybridized carbons (Fsp3) is 0.441. The van der Waals surface area contributed by atoms with Gasteiger partial charge in [-0.05, 0) is 76.0 Å². The normalized spacial score (nSPS) is 24.9. The number of carbonyl (C=O) groups is 3. The van der Waals surface area contributed by atoms with Gasteiger partial charge in [0.05, 0.1) is 17.2 Å². The van der Waals surface area contributed by atoms with Gasteiger partial charge in [-0.15, -0.1) is 0 Å². The lowest BCUT2D eigenvalue weighted by Crippen LogP contribution is -2.65. The molecule has 3 aliphatic carbocycles. The van der Waals surface area contributed by atoms with E-state index in [1.807, 2.05) is 56.0 Å². The molecule has 2 aromatic rings. The number of ketones is 2. The monoisotopic (exact) mass is 657 g/mol. The van der Waals surface area contributed by atoms with Gasteiger partial charge in [0.15, 0.2) is 11.4 Å². The predicted molar refractivity (Wildman–Crippen MR) is 165 cm³/mol. The lowest BCUT2D eigenvalue weighted by atomic mass is 9.57. The number of halogens is 3. The molecule has 0 heterocycles. The highest BCUT2D eigenvalue weighted by atomic mass is 19.4. The summed E-state index contributed by atoms with van der Waals surface area (Å²) < 4.78 is 45.1. The Morgan fingerprint density at radius 2 is 1.70 bits per heavy atom. The Hall–Kier alpha value is -4.20. The summed E-state index contributed by atoms with van der Waals surface area (Å²) in [6, 6.07) is 8.83. The highest BCUT2D eigenvalue weighted by molar-refractivity contribution is 6.24. The van der Waals surface area contributed by atoms with Gasteiger partial charge in [-0.3, -0.25) is 24.2 Å². The lowest BCUT2D eigenvalue weighted by molar-refractivity contribution is -0.153. The molecule has 252 valence electrons. The third-order valence-corrected chi connectivity index (χ3v) is 10.1. The van der Waals surface area contributed by atoms with E-state index in [4.69, 9.17) is 5.73 Å². The van der Waals surface area contributed by atoms with Crippen molar-refractivity contribution in [3.8, 4) is 5.75 Å². The van der Waals surface area contributed by atoms with Gasteiger partial charge in [0.25, 0.3) is 5.91 Å². The molecule has 6 N–H and O–H groups in total. The highest BCUT2D eigenvalue weighted by Gasteiger charge is 2.64. The number of fused-ring (bicyclic) bond motifs is 3. The summed E-state index contributed by atoms with van der Waals surface area (Å²) >= 11 is 0. The van der Waals surface area contributed by atoms with Crippen LogP contribution in [-0.2, 0) is 39.1 Å². The number of likely N-dealkylation sites (N-methyl/N-ethyl adjacent to an activating group) is 1. The van der Waals surface area contributed by atoms with Crippen LogP contribution < -0.4 is 5.73 Å². The first-order valence-electron chi connectivity index (χ1n) is 15.2. The van der Waals surface area contributed by atoms with E-state index in [1.54, 1.807) is 0 Å². The molecule has 0 spiro atoms. The van der Waals surface area contributed by atoms with Gasteiger partial charge in [0, 0.05) is 23.6 Å². The molecule has 5 rings (SSSR count). The van der Waals surface area contributed by atoms with Crippen LogP contribution in [0.25, 0.3) is 5.76 Å². The van der Waals surface area contributed by atoms with Crippen molar-refractivity contribution in [2.75, 3.05) is 20.6 Å². The van der Waals surface area contributed by atoms with E-state index in [0.717, 1.165) is 11.6 Å². The average molecular weight is 658 g/mol. The molecule has 0 unspecified atom stereocenters. The maximum absolute atomic E-state index is 15.0. The van der Waals surface area contributed by atoms with Crippen LogP contribution in [-0.4, -0.2) is 80.0 Å². The Morgan fingerprint density at radius 1 is 1.09 bits per heavy atom. The molecular weight excluding hydrogens is 619 g/mol. The van der Waals surface area contributed by atoms with E-state index in [-0.39, 0.29) is 18.5 Å². The zero-order valence-electron chi connectivity index (χ0n) is 26.6. The molecule has 2 aromatic carbocycles. The summed E-state index contributed by atoms with van der Waals surface area (Å²) in [5.74, 6) is -9.14. The lowest BCUT2D eigenvalue weighted by Gasteiger charge is -2.50. The van der Waals surface area contributed by atoms with Crippen molar-refractivity contribution in [1.29, 1.82) is 0 Å². The van der Waals surface area contributed by atoms with Crippen LogP contribution in [0.5, 0.6) is 5.75 Å². The summed E-state index contributed by atoms with van der Waals surface area (Å²) in [5, 5.41) is 45.3. The van der Waals surface area contributed by atoms with Crippen molar-refractivity contribution in [2.45, 2.75) is 63.5 Å². The highest BCUT2D eigenvalue weighted by Crippen LogP contribution is 2.54. The second-order valence-electron chi connectivity index (χ2n) is 13.2. The molecule has 1 amide bonds. The number of phenolic OH excluding ortho intramolecular Hbond substituents is 1. The number of benzene rings is 2. The van der Waals surface area contributed by atoms with Gasteiger partial charge in [-0.2, -0.15) is 13.2 Å². The summed E-state index contributed by atoms with van der Waals surface area (Å²) in [5.41, 5.74) is -1.23. The molecule has 4 atom stereocenters. The number of alkyl halides is 3. The molecule has 1 saturated carbocycles. The van der Waals surface area contributed by atoms with E-state index < -0.39 is 104 Å². The number of hydrogen-bond acceptors (Lipinski definition) is 9. The van der Waals surface area contributed by atoms with E-state index in [2.05, 4.69) is 0 Å². The quantitative estimate of drug-likeness (QED) is 0.279. The maximum atomic E-state index is 15.0. The predicted octanol–water partition coefficient (Wildman–Crippen LogP) is 3.74. The number of rotatable bonds is 7. The van der Waals surface area contributed by atoms with Gasteiger partial charge in [0.2, 0.25) is 5.78 Å². The van der Waals surface area contributed by atoms with Crippen LogP contribution in [0, 0.1) is 11.8 Å². The number of aliphatic hydroxyl groups excluding tert-OH is 2. The van der Waals surface area contributed by atoms with E-state index >= 15 is 13.2 Å². The minimum Gasteiger partial charge on any atom is -0.508 e. The van der Waals surface area contributed by atoms with Crippen molar-refractivity contribution in [3.63, 3.8) is 0 Å². The molecule has 0 aromatic heterocycles. The van der Waals surface area contributed by atoms with Crippen molar-refractivity contribution < 1.29 is 48.0 Å². The minimum absolute atomic E-state index is 0.219. The first-order valence-corrected chi connectivity index (χ1v) is 15.2. The summed E-state index contributed by atoms with van der Waals surface area (Å²) in [6.45, 7) is 5.71. The molecule has 0 bridgehead atoms. The first-order chi connectivity index (χ1) is 21.8. The number of hydrogen-bond donors (Lipinski definition) is 5. The Labute approximate surface area is 269 Å². The second kappa shape index (κ2) is 11.5. The molecule has 0 aliphatic heterocycles. The Kier molecular flexibility index (Phi) is 8.35. The minimum atomic E-state index is -4.94. The molecule has 3 aliphatic rings. The molecule has 47 heavy (non-hydrogen) atoms. The Balaban J connectivity index is 1.70. The maximum Gasteiger partial charge on any atom is 0.417 e. The van der Waals surface area contributed by atoms with Gasteiger partial charge in [0.1, 0.15) is 22.8 Å². The Morgan fingerprint density at radius 3 is 2.23 bits per heavy atom. The van der Waals surface area contributed by atoms with Crippen LogP contribution in [0.2, 0.25) is 0 Å². The van der Waals surface area contributed by atoms with Crippen LogP contribution in [0.4, 0.5) is 13.2 Å². The molecule has 0 radical (unpaired) electrons. The number of amides is 1. The number of carbonyl (C=O) groups excluding carboxylic acids is 3. The fourth-order valence-corrected chi connectivity index (χ4v) is 7.80. The standard InChI is InChI=1S/C34H38F3N3O7/c1-6-40(32(2,3)18-10-8-7-9-11-18)15-17-14-21(41)23-19(25(17)34(35,36)37)12-16-13-20-26(39(4)5)28(43)24(31(38)46)30(45)33(20,47)29(44)22(16)27(23)42/h7-11,14,16,20,26,41-42,45,47H,6,12-13,15H2,1-5H3,(H2,38,46)/t16-,20-,26-,33-/m0/s1. The third-order valence-electron chi connectivity index (χ3n) is 10.1. The zero-order chi connectivity index (χ0) is 35.0. The van der Waals surface area contributed by atoms with Crippen molar-refractivity contribution in [2.24, 2.45) is 17.6 Å². The topological polar surface area (TPSA) is 165 Å². The van der Waals surface area contributed by atoms with Gasteiger partial charge < -0.3 is 26.2 Å². The van der Waals surface area contributed by atoms with Crippen LogP contribution in [0.3, 0.4) is 0 Å². The third kappa shape index (κ3) is 5.11. The van der Waals surface area contributed by atoms with Gasteiger partial charge in [-0.25, -0.2) is 0 Å². The number of phenols is 1. The summed E-state index contributed by atoms with van der Waals surface area (Å²) in [7, 11) is 2.88. The van der Waals surface area contributed by atoms with E-state index in [9.17, 15) is 34.8 Å². The molecule has 0 saturated heterocycles. The van der Waals surface area contributed by atoms with Crippen molar-refractivity contribution in [1.82, 2.24) is 9.80 Å². The van der Waals surface area contributed by atoms with Crippen LogP contribution in [0.15, 0.2) is 53.3 Å². The average Bonchev–Trinajstić information content (AvgIpc) is 2.96. The molecular formula is C34H38F3N3O7. The van der Waals surface area contributed by atoms with Gasteiger partial charge >= 0.3 is 6.18 Å². The smallest absolute Gasteiger partial charge is 0.417 e. The summed E-state index contributed by atoms with van der Waals surface area (Å²) in [6.07, 6.45) is -5.74.